The lowest BCUT2D eigenvalue weighted by Gasteiger charge is -2.41. The second kappa shape index (κ2) is 12.8. The molecule has 5 aromatic carbocycles. The Morgan fingerprint density at radius 1 is 0.527 bits per heavy atom. The Bertz CT molecular complexity index is 2370. The van der Waals surface area contributed by atoms with E-state index in [4.69, 9.17) is 14.2 Å². The largest absolute Gasteiger partial charge is 0.508 e. The first-order chi connectivity index (χ1) is 26.1. The molecule has 0 spiro atoms. The lowest BCUT2D eigenvalue weighted by atomic mass is 9.75. The number of hydrogen-bond donors (Lipinski definition) is 12. The number of ether oxygens (including phenoxy) is 3. The fraction of sp³-hybridized carbons (Fsp3) is 0.250. The monoisotopic (exact) mass is 756 g/mol. The first-order valence-electron chi connectivity index (χ1n) is 17.2. The summed E-state index contributed by atoms with van der Waals surface area (Å²) in [5, 5.41) is 131. The molecule has 12 N–H and O–H groups in total. The van der Waals surface area contributed by atoms with Gasteiger partial charge in [-0.05, 0) is 42.3 Å². The third-order valence-electron chi connectivity index (χ3n) is 10.7. The summed E-state index contributed by atoms with van der Waals surface area (Å²) < 4.78 is 18.7. The van der Waals surface area contributed by atoms with Gasteiger partial charge >= 0.3 is 0 Å². The normalized spacial score (nSPS) is 24.0. The second-order valence-corrected chi connectivity index (χ2v) is 14.1. The number of fused-ring (bicyclic) bond motifs is 3. The molecule has 3 aliphatic heterocycles. The molecule has 286 valence electrons. The van der Waals surface area contributed by atoms with Gasteiger partial charge in [-0.3, -0.25) is 0 Å². The molecule has 7 unspecified atom stereocenters. The number of aromatic hydroxyl groups is 10. The van der Waals surface area contributed by atoms with Gasteiger partial charge in [-0.2, -0.15) is 0 Å². The highest BCUT2D eigenvalue weighted by Gasteiger charge is 2.47. The minimum Gasteiger partial charge on any atom is -0.508 e. The van der Waals surface area contributed by atoms with Gasteiger partial charge in [0.25, 0.3) is 0 Å². The van der Waals surface area contributed by atoms with Crippen LogP contribution in [0.5, 0.6) is 74.7 Å². The van der Waals surface area contributed by atoms with Gasteiger partial charge < -0.3 is 75.5 Å². The van der Waals surface area contributed by atoms with Crippen LogP contribution in [0.4, 0.5) is 0 Å². The van der Waals surface area contributed by atoms with Crippen LogP contribution in [0.3, 0.4) is 0 Å². The van der Waals surface area contributed by atoms with Crippen LogP contribution in [0.25, 0.3) is 0 Å². The summed E-state index contributed by atoms with van der Waals surface area (Å²) in [6, 6.07) is 12.1. The zero-order valence-electron chi connectivity index (χ0n) is 28.8. The molecule has 8 rings (SSSR count). The molecule has 0 saturated heterocycles. The number of phenolic OH excluding ortho intramolecular Hbond substituents is 10. The molecule has 0 amide bonds. The van der Waals surface area contributed by atoms with Crippen LogP contribution in [0, 0.1) is 0 Å². The van der Waals surface area contributed by atoms with E-state index in [1.165, 1.54) is 49.4 Å². The van der Waals surface area contributed by atoms with Crippen LogP contribution in [0.2, 0.25) is 0 Å². The molecule has 15 heteroatoms. The molecule has 55 heavy (non-hydrogen) atoms. The van der Waals surface area contributed by atoms with Crippen LogP contribution in [-0.2, 0) is 6.42 Å². The molecule has 3 aliphatic rings. The Kier molecular flexibility index (Phi) is 8.24. The van der Waals surface area contributed by atoms with Gasteiger partial charge in [0.1, 0.15) is 76.2 Å². The molecule has 0 aliphatic carbocycles. The zero-order chi connectivity index (χ0) is 39.2. The van der Waals surface area contributed by atoms with Gasteiger partial charge in [0.15, 0.2) is 23.0 Å². The fourth-order valence-electron chi connectivity index (χ4n) is 8.08. The maximum absolute atomic E-state index is 11.7. The summed E-state index contributed by atoms with van der Waals surface area (Å²) in [6.45, 7) is 1.54. The average Bonchev–Trinajstić information content (AvgIpc) is 3.12. The fourth-order valence-corrected chi connectivity index (χ4v) is 8.08. The number of aliphatic hydroxyl groups is 2. The van der Waals surface area contributed by atoms with Crippen LogP contribution >= 0.6 is 0 Å². The summed E-state index contributed by atoms with van der Waals surface area (Å²) in [5.41, 5.74) is 0.497. The number of phenols is 10. The number of benzene rings is 5. The lowest BCUT2D eigenvalue weighted by molar-refractivity contribution is 0.0170. The lowest BCUT2D eigenvalue weighted by Crippen LogP contribution is -2.39. The first-order valence-corrected chi connectivity index (χ1v) is 17.2. The van der Waals surface area contributed by atoms with E-state index in [1.807, 2.05) is 0 Å². The standard InChI is InChI=1S/C40H36O15/c1-14-37(52)36(34-25(47)8-17(41)9-31(34)53-14)35-28(50)13-27(49)33-19(11-30(54-40(33)35)15-2-4-20(42)23(45)6-15)32-26(48)12-22(44)18-10-29(51)38(55-39(18)32)16-3-5-21(43)24(46)7-16/h2-9,12-14,19,29-30,36-38,41-52H,10-11H2,1H3. The van der Waals surface area contributed by atoms with Crippen molar-refractivity contribution in [2.24, 2.45) is 0 Å². The van der Waals surface area contributed by atoms with E-state index >= 15 is 0 Å². The van der Waals surface area contributed by atoms with E-state index in [2.05, 4.69) is 0 Å². The summed E-state index contributed by atoms with van der Waals surface area (Å²) in [7, 11) is 0. The quantitative estimate of drug-likeness (QED) is 0.111. The molecule has 0 radical (unpaired) electrons. The van der Waals surface area contributed by atoms with Crippen molar-refractivity contribution in [1.29, 1.82) is 0 Å². The topological polar surface area (TPSA) is 270 Å². The summed E-state index contributed by atoms with van der Waals surface area (Å²) in [5.74, 6) is -7.36. The SMILES string of the molecule is CC1Oc2cc(O)cc(O)c2C(c2c(O)cc(O)c3c2OC(c2ccc(O)c(O)c2)CC3c2c(O)cc(O)c3c2OC(c2ccc(O)c(O)c2)C(O)C3)C1O. The van der Waals surface area contributed by atoms with Gasteiger partial charge in [0.2, 0.25) is 0 Å². The Labute approximate surface area is 311 Å². The van der Waals surface area contributed by atoms with E-state index < -0.39 is 94.1 Å². The molecule has 15 nitrogen and oxygen atoms in total. The highest BCUT2D eigenvalue weighted by molar-refractivity contribution is 5.70. The van der Waals surface area contributed by atoms with Crippen LogP contribution < -0.4 is 14.2 Å². The summed E-state index contributed by atoms with van der Waals surface area (Å²) in [6.07, 6.45) is -6.28. The Hall–Kier alpha value is -6.58. The molecular formula is C40H36O15. The maximum Gasteiger partial charge on any atom is 0.157 e. The Morgan fingerprint density at radius 2 is 1.11 bits per heavy atom. The van der Waals surface area contributed by atoms with Crippen molar-refractivity contribution in [2.45, 2.75) is 62.1 Å². The van der Waals surface area contributed by atoms with Gasteiger partial charge in [-0.25, -0.2) is 0 Å². The van der Waals surface area contributed by atoms with E-state index in [0.717, 1.165) is 18.2 Å². The molecule has 0 saturated carbocycles. The van der Waals surface area contributed by atoms with Gasteiger partial charge in [0.05, 0.1) is 12.0 Å². The number of aliphatic hydroxyl groups excluding tert-OH is 2. The van der Waals surface area contributed by atoms with Crippen molar-refractivity contribution in [3.63, 3.8) is 0 Å². The average molecular weight is 757 g/mol. The molecule has 0 bridgehead atoms. The molecule has 0 aromatic heterocycles. The van der Waals surface area contributed by atoms with E-state index in [9.17, 15) is 61.3 Å². The van der Waals surface area contributed by atoms with Crippen LogP contribution in [0.1, 0.15) is 76.3 Å². The second-order valence-electron chi connectivity index (χ2n) is 14.1. The third kappa shape index (κ3) is 5.66. The Balaban J connectivity index is 1.38. The van der Waals surface area contributed by atoms with Gasteiger partial charge in [-0.1, -0.05) is 12.1 Å². The molecule has 5 aromatic rings. The van der Waals surface area contributed by atoms with E-state index in [0.29, 0.717) is 5.56 Å². The van der Waals surface area contributed by atoms with Crippen LogP contribution in [-0.4, -0.2) is 79.6 Å². The first kappa shape index (κ1) is 35.4. The summed E-state index contributed by atoms with van der Waals surface area (Å²) in [4.78, 5) is 0. The van der Waals surface area contributed by atoms with Crippen molar-refractivity contribution >= 4 is 0 Å². The van der Waals surface area contributed by atoms with E-state index in [-0.39, 0.29) is 69.2 Å². The van der Waals surface area contributed by atoms with Crippen molar-refractivity contribution in [3.8, 4) is 74.7 Å². The van der Waals surface area contributed by atoms with Gasteiger partial charge in [-0.15, -0.1) is 0 Å². The predicted molar refractivity (Wildman–Crippen MR) is 190 cm³/mol. The zero-order valence-corrected chi connectivity index (χ0v) is 28.8. The maximum atomic E-state index is 11.7. The van der Waals surface area contributed by atoms with Gasteiger partial charge in [0, 0.05) is 70.8 Å². The van der Waals surface area contributed by atoms with Crippen LogP contribution in [0.15, 0.2) is 60.7 Å². The summed E-state index contributed by atoms with van der Waals surface area (Å²) >= 11 is 0. The minimum atomic E-state index is -1.45. The van der Waals surface area contributed by atoms with Crippen molar-refractivity contribution in [1.82, 2.24) is 0 Å². The number of rotatable bonds is 4. The third-order valence-corrected chi connectivity index (χ3v) is 10.7. The smallest absolute Gasteiger partial charge is 0.157 e. The molecule has 0 fully saturated rings. The Morgan fingerprint density at radius 3 is 1.78 bits per heavy atom. The minimum absolute atomic E-state index is 0.00240. The number of hydrogen-bond acceptors (Lipinski definition) is 15. The highest BCUT2D eigenvalue weighted by Crippen LogP contribution is 2.61. The van der Waals surface area contributed by atoms with Crippen molar-refractivity contribution in [3.05, 3.63) is 99.6 Å². The molecular weight excluding hydrogens is 720 g/mol. The van der Waals surface area contributed by atoms with E-state index in [1.54, 1.807) is 0 Å². The highest BCUT2D eigenvalue weighted by atomic mass is 16.5. The molecule has 7 atom stereocenters. The van der Waals surface area contributed by atoms with Crippen molar-refractivity contribution in [2.75, 3.05) is 0 Å². The predicted octanol–water partition coefficient (Wildman–Crippen LogP) is 4.71. The van der Waals surface area contributed by atoms with Crippen molar-refractivity contribution < 1.29 is 75.5 Å². The molecule has 3 heterocycles.